The number of amides is 2. The number of carboxylic acids is 2. The van der Waals surface area contributed by atoms with E-state index < -0.39 is 24.0 Å². The quantitative estimate of drug-likeness (QED) is 0.582. The summed E-state index contributed by atoms with van der Waals surface area (Å²) in [6.07, 6.45) is 1.17. The number of hydrogen-bond acceptors (Lipinski definition) is 5. The third-order valence-electron chi connectivity index (χ3n) is 2.32. The topological polar surface area (TPSA) is 129 Å². The molecule has 0 aromatic carbocycles. The van der Waals surface area contributed by atoms with Crippen LogP contribution in [0.5, 0.6) is 0 Å². The van der Waals surface area contributed by atoms with Crippen molar-refractivity contribution in [1.82, 2.24) is 15.6 Å². The number of urea groups is 1. The van der Waals surface area contributed by atoms with Crippen LogP contribution in [-0.2, 0) is 16.1 Å². The van der Waals surface area contributed by atoms with E-state index in [1.165, 1.54) is 11.3 Å². The van der Waals surface area contributed by atoms with Crippen molar-refractivity contribution in [1.29, 1.82) is 0 Å². The van der Waals surface area contributed by atoms with Crippen molar-refractivity contribution in [3.8, 4) is 0 Å². The average molecular weight is 301 g/mol. The number of hydrogen-bond donors (Lipinski definition) is 4. The summed E-state index contributed by atoms with van der Waals surface area (Å²) in [5.41, 5.74) is 0. The van der Waals surface area contributed by atoms with Gasteiger partial charge in [-0.05, 0) is 13.3 Å². The molecule has 1 aromatic heterocycles. The minimum absolute atomic E-state index is 0.172. The molecule has 0 saturated carbocycles. The summed E-state index contributed by atoms with van der Waals surface area (Å²) in [5, 5.41) is 22.8. The highest BCUT2D eigenvalue weighted by Gasteiger charge is 2.20. The fourth-order valence-corrected chi connectivity index (χ4v) is 2.10. The van der Waals surface area contributed by atoms with Crippen LogP contribution in [0.25, 0.3) is 0 Å². The Hall–Kier alpha value is -2.16. The van der Waals surface area contributed by atoms with E-state index >= 15 is 0 Å². The first-order valence-corrected chi connectivity index (χ1v) is 6.60. The summed E-state index contributed by atoms with van der Waals surface area (Å²) in [4.78, 5) is 37.9. The first-order valence-electron chi connectivity index (χ1n) is 5.78. The number of aryl methyl sites for hydroxylation is 1. The zero-order valence-corrected chi connectivity index (χ0v) is 11.6. The highest BCUT2D eigenvalue weighted by molar-refractivity contribution is 7.11. The van der Waals surface area contributed by atoms with Gasteiger partial charge in [0, 0.05) is 17.5 Å². The number of thiazole rings is 1. The lowest BCUT2D eigenvalue weighted by molar-refractivity contribution is -0.140. The molecule has 20 heavy (non-hydrogen) atoms. The van der Waals surface area contributed by atoms with Crippen LogP contribution in [0, 0.1) is 6.92 Å². The molecule has 9 heteroatoms. The zero-order valence-electron chi connectivity index (χ0n) is 10.8. The molecule has 2 amide bonds. The molecule has 1 atom stereocenters. The Morgan fingerprint density at radius 2 is 2.10 bits per heavy atom. The highest BCUT2D eigenvalue weighted by atomic mass is 32.1. The van der Waals surface area contributed by atoms with Crippen molar-refractivity contribution < 1.29 is 24.6 Å². The number of nitrogens with one attached hydrogen (secondary N) is 2. The summed E-state index contributed by atoms with van der Waals surface area (Å²) < 4.78 is 0. The largest absolute Gasteiger partial charge is 0.481 e. The third-order valence-corrected chi connectivity index (χ3v) is 3.23. The van der Waals surface area contributed by atoms with Crippen LogP contribution in [0.4, 0.5) is 4.79 Å². The normalized spacial score (nSPS) is 11.7. The minimum Gasteiger partial charge on any atom is -0.481 e. The van der Waals surface area contributed by atoms with Crippen LogP contribution >= 0.6 is 11.3 Å². The van der Waals surface area contributed by atoms with Gasteiger partial charge in [-0.25, -0.2) is 14.6 Å². The molecular weight excluding hydrogens is 286 g/mol. The molecule has 8 nitrogen and oxygen atoms in total. The Bertz CT molecular complexity index is 502. The molecule has 110 valence electrons. The minimum atomic E-state index is -1.27. The van der Waals surface area contributed by atoms with E-state index in [-0.39, 0.29) is 19.4 Å². The van der Waals surface area contributed by atoms with Crippen LogP contribution in [0.15, 0.2) is 6.20 Å². The molecule has 0 saturated heterocycles. The first-order chi connectivity index (χ1) is 9.38. The Morgan fingerprint density at radius 1 is 1.40 bits per heavy atom. The van der Waals surface area contributed by atoms with Gasteiger partial charge in [0.1, 0.15) is 11.0 Å². The van der Waals surface area contributed by atoms with E-state index in [1.54, 1.807) is 6.20 Å². The number of rotatable bonds is 7. The SMILES string of the molecule is Cc1cnc(CNC(=O)N[C@@H](CCC(=O)O)C(=O)O)s1. The van der Waals surface area contributed by atoms with E-state index in [9.17, 15) is 14.4 Å². The number of nitrogens with zero attached hydrogens (tertiary/aromatic N) is 1. The van der Waals surface area contributed by atoms with Crippen LogP contribution in [0.3, 0.4) is 0 Å². The van der Waals surface area contributed by atoms with Crippen LogP contribution in [0.2, 0.25) is 0 Å². The number of carbonyl (C=O) groups is 3. The summed E-state index contributed by atoms with van der Waals surface area (Å²) in [5.74, 6) is -2.39. The molecule has 0 aliphatic carbocycles. The second-order valence-corrected chi connectivity index (χ2v) is 5.33. The van der Waals surface area contributed by atoms with E-state index in [0.29, 0.717) is 5.01 Å². The van der Waals surface area contributed by atoms with Gasteiger partial charge in [-0.3, -0.25) is 4.79 Å². The van der Waals surface area contributed by atoms with E-state index in [1.807, 2.05) is 6.92 Å². The van der Waals surface area contributed by atoms with Gasteiger partial charge < -0.3 is 20.8 Å². The molecule has 1 aromatic rings. The van der Waals surface area contributed by atoms with E-state index in [2.05, 4.69) is 15.6 Å². The van der Waals surface area contributed by atoms with Crippen LogP contribution < -0.4 is 10.6 Å². The van der Waals surface area contributed by atoms with E-state index in [4.69, 9.17) is 10.2 Å². The van der Waals surface area contributed by atoms with Gasteiger partial charge >= 0.3 is 18.0 Å². The van der Waals surface area contributed by atoms with Gasteiger partial charge in [-0.15, -0.1) is 11.3 Å². The second kappa shape index (κ2) is 7.43. The summed E-state index contributed by atoms with van der Waals surface area (Å²) in [7, 11) is 0. The number of aromatic nitrogens is 1. The van der Waals surface area contributed by atoms with Gasteiger partial charge in [0.2, 0.25) is 0 Å². The molecule has 1 heterocycles. The van der Waals surface area contributed by atoms with Gasteiger partial charge in [0.25, 0.3) is 0 Å². The van der Waals surface area contributed by atoms with E-state index in [0.717, 1.165) is 4.88 Å². The maximum absolute atomic E-state index is 11.5. The molecule has 4 N–H and O–H groups in total. The van der Waals surface area contributed by atoms with Gasteiger partial charge in [0.05, 0.1) is 6.54 Å². The lowest BCUT2D eigenvalue weighted by Gasteiger charge is -2.13. The lowest BCUT2D eigenvalue weighted by atomic mass is 10.1. The Balaban J connectivity index is 2.41. The fourth-order valence-electron chi connectivity index (χ4n) is 1.37. The molecule has 0 aliphatic rings. The maximum atomic E-state index is 11.5. The van der Waals surface area contributed by atoms with Crippen LogP contribution in [-0.4, -0.2) is 39.2 Å². The van der Waals surface area contributed by atoms with Gasteiger partial charge in [-0.1, -0.05) is 0 Å². The predicted molar refractivity (Wildman–Crippen MR) is 70.5 cm³/mol. The zero-order chi connectivity index (χ0) is 15.1. The number of carboxylic acid groups (broad SMARTS) is 2. The molecule has 0 spiro atoms. The van der Waals surface area contributed by atoms with Crippen molar-refractivity contribution in [3.05, 3.63) is 16.1 Å². The monoisotopic (exact) mass is 301 g/mol. The van der Waals surface area contributed by atoms with Gasteiger partial charge in [-0.2, -0.15) is 0 Å². The molecule has 0 bridgehead atoms. The molecule has 0 fully saturated rings. The molecule has 0 radical (unpaired) electrons. The maximum Gasteiger partial charge on any atom is 0.326 e. The van der Waals surface area contributed by atoms with Crippen molar-refractivity contribution in [2.24, 2.45) is 0 Å². The second-order valence-electron chi connectivity index (χ2n) is 4.01. The lowest BCUT2D eigenvalue weighted by Crippen LogP contribution is -2.45. The van der Waals surface area contributed by atoms with Crippen molar-refractivity contribution >= 4 is 29.3 Å². The number of carbonyl (C=O) groups excluding carboxylic acids is 1. The first kappa shape index (κ1) is 15.9. The summed E-state index contributed by atoms with van der Waals surface area (Å²) >= 11 is 1.42. The summed E-state index contributed by atoms with van der Waals surface area (Å²) in [6, 6.07) is -1.90. The van der Waals surface area contributed by atoms with Crippen molar-refractivity contribution in [2.45, 2.75) is 32.4 Å². The molecular formula is C11H15N3O5S. The van der Waals surface area contributed by atoms with Crippen molar-refractivity contribution in [2.75, 3.05) is 0 Å². The molecule has 1 rings (SSSR count). The Kier molecular flexibility index (Phi) is 5.91. The molecule has 0 aliphatic heterocycles. The fraction of sp³-hybridized carbons (Fsp3) is 0.455. The van der Waals surface area contributed by atoms with Gasteiger partial charge in [0.15, 0.2) is 0 Å². The Morgan fingerprint density at radius 3 is 2.60 bits per heavy atom. The Labute approximate surface area is 118 Å². The smallest absolute Gasteiger partial charge is 0.326 e. The molecule has 0 unspecified atom stereocenters. The van der Waals surface area contributed by atoms with Crippen molar-refractivity contribution in [3.63, 3.8) is 0 Å². The summed E-state index contributed by atoms with van der Waals surface area (Å²) in [6.45, 7) is 2.07. The average Bonchev–Trinajstić information content (AvgIpc) is 2.77. The number of aliphatic carboxylic acids is 2. The highest BCUT2D eigenvalue weighted by Crippen LogP contribution is 2.10. The van der Waals surface area contributed by atoms with Crippen LogP contribution in [0.1, 0.15) is 22.7 Å². The standard InChI is InChI=1S/C11H15N3O5S/c1-6-4-12-8(20-6)5-13-11(19)14-7(10(17)18)2-3-9(15)16/h4,7H,2-3,5H2,1H3,(H,15,16)(H,17,18)(H2,13,14,19)/t7-/m0/s1. The third kappa shape index (κ3) is 5.65. The predicted octanol–water partition coefficient (Wildman–Crippen LogP) is 0.569.